The summed E-state index contributed by atoms with van der Waals surface area (Å²) in [6.07, 6.45) is 3.73. The van der Waals surface area contributed by atoms with Crippen LogP contribution in [0.2, 0.25) is 0 Å². The molecule has 5 nitrogen and oxygen atoms in total. The average molecular weight is 349 g/mol. The predicted octanol–water partition coefficient (Wildman–Crippen LogP) is 3.84. The van der Waals surface area contributed by atoms with Gasteiger partial charge in [0.2, 0.25) is 15.7 Å². The fraction of sp³-hybridized carbons (Fsp3) is 0. The van der Waals surface area contributed by atoms with Crippen LogP contribution in [0.15, 0.2) is 90.1 Å². The Morgan fingerprint density at radius 1 is 0.800 bits per heavy atom. The van der Waals surface area contributed by atoms with E-state index in [9.17, 15) is 8.42 Å². The van der Waals surface area contributed by atoms with Crippen LogP contribution >= 0.6 is 0 Å². The standard InChI is InChI=1S/C19H15N3O2S/c23-25(24,15-9-3-1-4-10-15)21-19-18(22-13-7-2-8-14-22)16-11-5-6-12-17(16)20-19/h1-14,20H. The molecule has 6 heteroatoms. The smallest absolute Gasteiger partial charge is 0.217 e. The molecule has 0 aliphatic heterocycles. The van der Waals surface area contributed by atoms with Crippen molar-refractivity contribution < 1.29 is 13.0 Å². The van der Waals surface area contributed by atoms with Gasteiger partial charge in [-0.3, -0.25) is 0 Å². The average Bonchev–Trinajstić information content (AvgIpc) is 3.00. The normalized spacial score (nSPS) is 11.5. The van der Waals surface area contributed by atoms with Crippen molar-refractivity contribution in [1.82, 2.24) is 4.98 Å². The van der Waals surface area contributed by atoms with Gasteiger partial charge in [-0.25, -0.2) is 8.42 Å². The van der Waals surface area contributed by atoms with E-state index in [1.807, 2.05) is 59.4 Å². The first kappa shape index (κ1) is 15.4. The van der Waals surface area contributed by atoms with Crippen LogP contribution in [0.5, 0.6) is 0 Å². The van der Waals surface area contributed by atoms with E-state index in [2.05, 4.69) is 9.71 Å². The molecule has 0 aliphatic rings. The van der Waals surface area contributed by atoms with Gasteiger partial charge in [0.15, 0.2) is 12.4 Å². The molecule has 4 rings (SSSR count). The Hall–Kier alpha value is -3.12. The third kappa shape index (κ3) is 2.88. The summed E-state index contributed by atoms with van der Waals surface area (Å²) in [5.41, 5.74) is 1.53. The Balaban J connectivity index is 1.88. The van der Waals surface area contributed by atoms with E-state index < -0.39 is 10.0 Å². The molecule has 0 saturated carbocycles. The zero-order chi connectivity index (χ0) is 17.3. The van der Waals surface area contributed by atoms with Crippen LogP contribution in [-0.4, -0.2) is 13.4 Å². The Morgan fingerprint density at radius 2 is 1.44 bits per heavy atom. The van der Waals surface area contributed by atoms with Crippen LogP contribution in [0.25, 0.3) is 21.3 Å². The zero-order valence-corrected chi connectivity index (χ0v) is 14.0. The molecule has 0 bridgehead atoms. The van der Waals surface area contributed by atoms with Gasteiger partial charge in [-0.2, -0.15) is 4.57 Å². The van der Waals surface area contributed by atoms with Crippen LogP contribution in [-0.2, 0) is 10.0 Å². The number of benzene rings is 2. The molecule has 0 aliphatic carbocycles. The summed E-state index contributed by atoms with van der Waals surface area (Å²) < 4.78 is 31.3. The van der Waals surface area contributed by atoms with Crippen molar-refractivity contribution in [2.24, 2.45) is 0 Å². The highest BCUT2D eigenvalue weighted by molar-refractivity contribution is 7.94. The van der Waals surface area contributed by atoms with Crippen LogP contribution in [0.3, 0.4) is 0 Å². The van der Waals surface area contributed by atoms with Crippen molar-refractivity contribution >= 4 is 26.7 Å². The topological polar surface area (TPSA) is 67.9 Å². The molecule has 0 fully saturated rings. The van der Waals surface area contributed by atoms with E-state index in [0.29, 0.717) is 11.5 Å². The molecular weight excluding hydrogens is 334 g/mol. The van der Waals surface area contributed by atoms with Gasteiger partial charge < -0.3 is 9.71 Å². The number of rotatable bonds is 4. The largest absolute Gasteiger partial charge is 0.450 e. The third-order valence-corrected chi connectivity index (χ3v) is 5.18. The van der Waals surface area contributed by atoms with Crippen molar-refractivity contribution in [2.75, 3.05) is 0 Å². The van der Waals surface area contributed by atoms with E-state index in [4.69, 9.17) is 0 Å². The molecule has 0 spiro atoms. The van der Waals surface area contributed by atoms with Gasteiger partial charge in [0.25, 0.3) is 0 Å². The Kier molecular flexibility index (Phi) is 3.74. The molecule has 2 aromatic heterocycles. The Morgan fingerprint density at radius 3 is 2.20 bits per heavy atom. The fourth-order valence-electron chi connectivity index (χ4n) is 2.75. The molecule has 2 heterocycles. The van der Waals surface area contributed by atoms with Gasteiger partial charge in [-0.1, -0.05) is 42.5 Å². The van der Waals surface area contributed by atoms with E-state index in [1.165, 1.54) is 12.1 Å². The number of H-pyrrole nitrogens is 1. The first-order valence-electron chi connectivity index (χ1n) is 7.76. The van der Waals surface area contributed by atoms with Crippen molar-refractivity contribution in [3.63, 3.8) is 0 Å². The van der Waals surface area contributed by atoms with E-state index in [-0.39, 0.29) is 4.90 Å². The Bertz CT molecular complexity index is 1120. The van der Waals surface area contributed by atoms with Crippen LogP contribution < -0.4 is 4.57 Å². The number of aromatic nitrogens is 2. The first-order chi connectivity index (χ1) is 12.1. The number of nitrogens with one attached hydrogen (secondary N) is 1. The summed E-state index contributed by atoms with van der Waals surface area (Å²) in [6.45, 7) is 0. The second-order valence-corrected chi connectivity index (χ2v) is 7.13. The minimum atomic E-state index is -3.81. The van der Waals surface area contributed by atoms with Crippen molar-refractivity contribution in [1.29, 1.82) is 0 Å². The number of pyridine rings is 1. The molecule has 0 unspecified atom stereocenters. The fourth-order valence-corrected chi connectivity index (χ4v) is 3.73. The van der Waals surface area contributed by atoms with E-state index in [0.717, 1.165) is 10.9 Å². The molecule has 25 heavy (non-hydrogen) atoms. The monoisotopic (exact) mass is 349 g/mol. The van der Waals surface area contributed by atoms with Gasteiger partial charge in [-0.05, 0) is 23.7 Å². The van der Waals surface area contributed by atoms with Crippen LogP contribution in [0, 0.1) is 0 Å². The quantitative estimate of drug-likeness (QED) is 0.569. The van der Waals surface area contributed by atoms with Gasteiger partial charge in [-0.15, -0.1) is 0 Å². The highest BCUT2D eigenvalue weighted by Gasteiger charge is 2.18. The van der Waals surface area contributed by atoms with E-state index in [1.54, 1.807) is 18.2 Å². The Labute approximate surface area is 145 Å². The highest BCUT2D eigenvalue weighted by Crippen LogP contribution is 2.35. The van der Waals surface area contributed by atoms with Crippen molar-refractivity contribution in [2.45, 2.75) is 4.90 Å². The second kappa shape index (κ2) is 6.07. The molecule has 0 radical (unpaired) electrons. The maximum absolute atomic E-state index is 12.7. The summed E-state index contributed by atoms with van der Waals surface area (Å²) in [6, 6.07) is 21.5. The maximum Gasteiger partial charge on any atom is 0.217 e. The minimum Gasteiger partial charge on any atom is -0.450 e. The molecule has 4 aromatic rings. The van der Waals surface area contributed by atoms with Crippen LogP contribution in [0.4, 0.5) is 5.82 Å². The molecule has 124 valence electrons. The summed E-state index contributed by atoms with van der Waals surface area (Å²) in [5, 5.41) is 0.903. The lowest BCUT2D eigenvalue weighted by atomic mass is 10.2. The second-order valence-electron chi connectivity index (χ2n) is 5.53. The highest BCUT2D eigenvalue weighted by atomic mass is 32.2. The SMILES string of the molecule is O=S(=O)([N-]c1[nH]c2ccccc2c1-[n+]1ccccc1)c1ccccc1. The number of sulfonamides is 1. The van der Waals surface area contributed by atoms with Crippen molar-refractivity contribution in [3.05, 3.63) is 89.9 Å². The molecule has 0 saturated heterocycles. The number of aromatic amines is 1. The maximum atomic E-state index is 12.7. The van der Waals surface area contributed by atoms with Gasteiger partial charge in [0.05, 0.1) is 4.90 Å². The summed E-state index contributed by atoms with van der Waals surface area (Å²) >= 11 is 0. The molecule has 2 aromatic carbocycles. The number of fused-ring (bicyclic) bond motifs is 1. The van der Waals surface area contributed by atoms with Gasteiger partial charge >= 0.3 is 0 Å². The molecule has 1 N–H and O–H groups in total. The first-order valence-corrected chi connectivity index (χ1v) is 9.20. The lowest BCUT2D eigenvalue weighted by molar-refractivity contribution is -0.593. The number of nitrogens with zero attached hydrogens (tertiary/aromatic N) is 2. The molecule has 0 amide bonds. The van der Waals surface area contributed by atoms with E-state index >= 15 is 0 Å². The summed E-state index contributed by atoms with van der Waals surface area (Å²) in [4.78, 5) is 3.29. The van der Waals surface area contributed by atoms with Gasteiger partial charge in [0.1, 0.15) is 0 Å². The lowest BCUT2D eigenvalue weighted by Gasteiger charge is -2.13. The zero-order valence-electron chi connectivity index (χ0n) is 13.2. The van der Waals surface area contributed by atoms with Crippen LogP contribution in [0.1, 0.15) is 0 Å². The predicted molar refractivity (Wildman–Crippen MR) is 96.5 cm³/mol. The molecule has 0 atom stereocenters. The molecular formula is C19H15N3O2S. The van der Waals surface area contributed by atoms with Crippen molar-refractivity contribution in [3.8, 4) is 5.69 Å². The number of hydrogen-bond acceptors (Lipinski definition) is 2. The lowest BCUT2D eigenvalue weighted by Crippen LogP contribution is -2.28. The minimum absolute atomic E-state index is 0.165. The number of para-hydroxylation sites is 1. The number of hydrogen-bond donors (Lipinski definition) is 1. The van der Waals surface area contributed by atoms with Gasteiger partial charge in [0, 0.05) is 23.3 Å². The summed E-state index contributed by atoms with van der Waals surface area (Å²) in [5.74, 6) is 0.307. The third-order valence-electron chi connectivity index (χ3n) is 3.89. The summed E-state index contributed by atoms with van der Waals surface area (Å²) in [7, 11) is -3.81.